The number of para-hydroxylation sites is 1. The molecule has 178 valence electrons. The molecule has 1 aromatic heterocycles. The first-order valence-corrected chi connectivity index (χ1v) is 12.1. The number of nitrogens with zero attached hydrogens (tertiary/aromatic N) is 3. The van der Waals surface area contributed by atoms with Crippen LogP contribution in [0.3, 0.4) is 0 Å². The van der Waals surface area contributed by atoms with Crippen molar-refractivity contribution in [1.29, 1.82) is 0 Å². The van der Waals surface area contributed by atoms with Crippen molar-refractivity contribution in [1.82, 2.24) is 14.5 Å². The van der Waals surface area contributed by atoms with Crippen molar-refractivity contribution in [2.75, 3.05) is 25.2 Å². The average Bonchev–Trinajstić information content (AvgIpc) is 2.84. The first-order chi connectivity index (χ1) is 16.7. The van der Waals surface area contributed by atoms with Gasteiger partial charge in [-0.15, -0.1) is 0 Å². The van der Waals surface area contributed by atoms with E-state index in [1.807, 2.05) is 44.2 Å². The van der Waals surface area contributed by atoms with Crippen LogP contribution in [0.15, 0.2) is 76.7 Å². The van der Waals surface area contributed by atoms with Crippen LogP contribution in [0.5, 0.6) is 0 Å². The number of thioether (sulfide) groups is 1. The summed E-state index contributed by atoms with van der Waals surface area (Å²) in [6, 6.07) is 19.9. The number of benzene rings is 3. The molecule has 0 saturated heterocycles. The summed E-state index contributed by atoms with van der Waals surface area (Å²) in [6.07, 6.45) is 0. The summed E-state index contributed by atoms with van der Waals surface area (Å²) in [6.45, 7) is 3.91. The molecule has 0 fully saturated rings. The van der Waals surface area contributed by atoms with Crippen LogP contribution in [0.2, 0.25) is 0 Å². The van der Waals surface area contributed by atoms with E-state index in [2.05, 4.69) is 5.32 Å². The maximum atomic E-state index is 13.5. The fraction of sp³-hybridized carbons (Fsp3) is 0.185. The first-order valence-electron chi connectivity index (χ1n) is 11.1. The zero-order chi connectivity index (χ0) is 25.1. The third kappa shape index (κ3) is 5.27. The van der Waals surface area contributed by atoms with Gasteiger partial charge < -0.3 is 10.2 Å². The van der Waals surface area contributed by atoms with Gasteiger partial charge in [0, 0.05) is 25.3 Å². The molecule has 0 bridgehead atoms. The predicted molar refractivity (Wildman–Crippen MR) is 141 cm³/mol. The Morgan fingerprint density at radius 1 is 1.00 bits per heavy atom. The quantitative estimate of drug-likeness (QED) is 0.322. The van der Waals surface area contributed by atoms with E-state index in [4.69, 9.17) is 4.98 Å². The van der Waals surface area contributed by atoms with Crippen LogP contribution in [0, 0.1) is 13.8 Å². The molecule has 8 heteroatoms. The highest BCUT2D eigenvalue weighted by Gasteiger charge is 2.17. The van der Waals surface area contributed by atoms with Crippen molar-refractivity contribution in [3.05, 3.63) is 93.8 Å². The smallest absolute Gasteiger partial charge is 0.266 e. The highest BCUT2D eigenvalue weighted by Crippen LogP contribution is 2.24. The molecule has 0 radical (unpaired) electrons. The maximum absolute atomic E-state index is 13.5. The summed E-state index contributed by atoms with van der Waals surface area (Å²) < 4.78 is 1.58. The number of aromatic nitrogens is 2. The minimum atomic E-state index is -0.264. The summed E-state index contributed by atoms with van der Waals surface area (Å²) in [4.78, 5) is 44.7. The molecular formula is C27H26N4O3S. The van der Waals surface area contributed by atoms with Gasteiger partial charge in [0.1, 0.15) is 0 Å². The lowest BCUT2D eigenvalue weighted by Gasteiger charge is -2.16. The standard InChI is InChI=1S/C27H26N4O3S/c1-17-12-13-18(2)23(14-17)31-26(34)21-10-5-6-11-22(21)29-27(31)35-16-24(32)28-20-9-7-8-19(15-20)25(33)30(3)4/h5-15H,16H2,1-4H3,(H,28,32). The van der Waals surface area contributed by atoms with Crippen molar-refractivity contribution in [2.24, 2.45) is 0 Å². The third-order valence-electron chi connectivity index (χ3n) is 5.48. The van der Waals surface area contributed by atoms with Gasteiger partial charge >= 0.3 is 0 Å². The van der Waals surface area contributed by atoms with Crippen LogP contribution < -0.4 is 10.9 Å². The van der Waals surface area contributed by atoms with Crippen LogP contribution in [0.4, 0.5) is 5.69 Å². The number of hydrogen-bond donors (Lipinski definition) is 1. The Morgan fingerprint density at radius 2 is 1.77 bits per heavy atom. The second-order valence-electron chi connectivity index (χ2n) is 8.46. The average molecular weight is 487 g/mol. The second-order valence-corrected chi connectivity index (χ2v) is 9.40. The van der Waals surface area contributed by atoms with Gasteiger partial charge in [0.15, 0.2) is 5.16 Å². The fourth-order valence-electron chi connectivity index (χ4n) is 3.70. The Kier molecular flexibility index (Phi) is 7.02. The van der Waals surface area contributed by atoms with Crippen LogP contribution in [-0.4, -0.2) is 46.1 Å². The van der Waals surface area contributed by atoms with E-state index < -0.39 is 0 Å². The van der Waals surface area contributed by atoms with Gasteiger partial charge in [-0.3, -0.25) is 19.0 Å². The predicted octanol–water partition coefficient (Wildman–Crippen LogP) is 4.44. The highest BCUT2D eigenvalue weighted by molar-refractivity contribution is 7.99. The third-order valence-corrected chi connectivity index (χ3v) is 6.42. The summed E-state index contributed by atoms with van der Waals surface area (Å²) >= 11 is 1.19. The van der Waals surface area contributed by atoms with Gasteiger partial charge in [-0.25, -0.2) is 4.98 Å². The SMILES string of the molecule is Cc1ccc(C)c(-n2c(SCC(=O)Nc3cccc(C(=O)N(C)C)c3)nc3ccccc3c2=O)c1. The van der Waals surface area contributed by atoms with Crippen LogP contribution >= 0.6 is 11.8 Å². The molecule has 0 spiro atoms. The van der Waals surface area contributed by atoms with Gasteiger partial charge in [0.25, 0.3) is 11.5 Å². The molecule has 1 N–H and O–H groups in total. The van der Waals surface area contributed by atoms with Crippen molar-refractivity contribution >= 4 is 40.2 Å². The molecule has 0 saturated carbocycles. The number of fused-ring (bicyclic) bond motifs is 1. The molecule has 0 atom stereocenters. The minimum Gasteiger partial charge on any atom is -0.345 e. The summed E-state index contributed by atoms with van der Waals surface area (Å²) in [5, 5.41) is 3.79. The minimum absolute atomic E-state index is 0.0432. The summed E-state index contributed by atoms with van der Waals surface area (Å²) in [5.41, 5.74) is 4.11. The van der Waals surface area contributed by atoms with Gasteiger partial charge in [0.05, 0.1) is 22.3 Å². The lowest BCUT2D eigenvalue weighted by Crippen LogP contribution is -2.24. The van der Waals surface area contributed by atoms with E-state index in [0.29, 0.717) is 27.3 Å². The van der Waals surface area contributed by atoms with E-state index in [0.717, 1.165) is 16.8 Å². The number of anilines is 1. The molecule has 1 heterocycles. The number of nitrogens with one attached hydrogen (secondary N) is 1. The molecule has 35 heavy (non-hydrogen) atoms. The van der Waals surface area contributed by atoms with Gasteiger partial charge in [0.2, 0.25) is 5.91 Å². The molecule has 4 rings (SSSR count). The van der Waals surface area contributed by atoms with Crippen molar-refractivity contribution in [3.63, 3.8) is 0 Å². The van der Waals surface area contributed by atoms with Crippen molar-refractivity contribution in [2.45, 2.75) is 19.0 Å². The van der Waals surface area contributed by atoms with E-state index in [1.54, 1.807) is 55.1 Å². The zero-order valence-electron chi connectivity index (χ0n) is 20.0. The van der Waals surface area contributed by atoms with Gasteiger partial charge in [-0.05, 0) is 61.4 Å². The first kappa shape index (κ1) is 24.2. The molecule has 0 aliphatic heterocycles. The largest absolute Gasteiger partial charge is 0.345 e. The van der Waals surface area contributed by atoms with Gasteiger partial charge in [-0.1, -0.05) is 42.1 Å². The fourth-order valence-corrected chi connectivity index (χ4v) is 4.50. The number of rotatable bonds is 6. The lowest BCUT2D eigenvalue weighted by atomic mass is 10.1. The number of carbonyl (C=O) groups excluding carboxylic acids is 2. The van der Waals surface area contributed by atoms with Crippen LogP contribution in [0.1, 0.15) is 21.5 Å². The summed E-state index contributed by atoms with van der Waals surface area (Å²) in [7, 11) is 3.35. The Bertz CT molecular complexity index is 1490. The molecule has 0 aliphatic carbocycles. The molecular weight excluding hydrogens is 460 g/mol. The molecule has 2 amide bonds. The highest BCUT2D eigenvalue weighted by atomic mass is 32.2. The Hall–Kier alpha value is -3.91. The number of amides is 2. The Morgan fingerprint density at radius 3 is 2.54 bits per heavy atom. The normalized spacial score (nSPS) is 10.9. The monoisotopic (exact) mass is 486 g/mol. The maximum Gasteiger partial charge on any atom is 0.266 e. The van der Waals surface area contributed by atoms with E-state index in [-0.39, 0.29) is 23.1 Å². The molecule has 7 nitrogen and oxygen atoms in total. The van der Waals surface area contributed by atoms with Crippen LogP contribution in [-0.2, 0) is 4.79 Å². The number of hydrogen-bond acceptors (Lipinski definition) is 5. The molecule has 0 unspecified atom stereocenters. The van der Waals surface area contributed by atoms with E-state index >= 15 is 0 Å². The lowest BCUT2D eigenvalue weighted by molar-refractivity contribution is -0.113. The molecule has 3 aromatic carbocycles. The van der Waals surface area contributed by atoms with Crippen molar-refractivity contribution in [3.8, 4) is 5.69 Å². The molecule has 4 aromatic rings. The van der Waals surface area contributed by atoms with E-state index in [1.165, 1.54) is 16.7 Å². The van der Waals surface area contributed by atoms with Gasteiger partial charge in [-0.2, -0.15) is 0 Å². The number of carbonyl (C=O) groups is 2. The second kappa shape index (κ2) is 10.1. The zero-order valence-corrected chi connectivity index (χ0v) is 20.8. The topological polar surface area (TPSA) is 84.3 Å². The number of aryl methyl sites for hydroxylation is 2. The Balaban J connectivity index is 1.64. The van der Waals surface area contributed by atoms with Crippen molar-refractivity contribution < 1.29 is 9.59 Å². The van der Waals surface area contributed by atoms with E-state index in [9.17, 15) is 14.4 Å². The summed E-state index contributed by atoms with van der Waals surface area (Å²) in [5.74, 6) is -0.366. The molecule has 0 aliphatic rings. The van der Waals surface area contributed by atoms with Crippen LogP contribution in [0.25, 0.3) is 16.6 Å². The Labute approximate surface area is 207 Å².